The average Bonchev–Trinajstić information content (AvgIpc) is 2.21. The molecule has 3 nitrogen and oxygen atoms in total. The van der Waals surface area contributed by atoms with Gasteiger partial charge in [-0.1, -0.05) is 18.2 Å². The number of hydrogen-bond donors (Lipinski definition) is 0. The van der Waals surface area contributed by atoms with Crippen LogP contribution in [0.4, 0.5) is 0 Å². The minimum Gasteiger partial charge on any atom is -0.382 e. The Balaban J connectivity index is 2.46. The Morgan fingerprint density at radius 2 is 2.00 bits per heavy atom. The van der Waals surface area contributed by atoms with Gasteiger partial charge in [0.2, 0.25) is 0 Å². The highest BCUT2D eigenvalue weighted by atomic mass is 32.2. The van der Waals surface area contributed by atoms with Gasteiger partial charge in [0.1, 0.15) is 5.75 Å². The molecule has 1 aromatic rings. The molecule has 0 amide bonds. The number of para-hydroxylation sites is 1. The van der Waals surface area contributed by atoms with E-state index in [1.54, 1.807) is 12.1 Å². The zero-order valence-electron chi connectivity index (χ0n) is 7.06. The van der Waals surface area contributed by atoms with Crippen molar-refractivity contribution in [1.82, 2.24) is 0 Å². The lowest BCUT2D eigenvalue weighted by molar-refractivity contribution is 0.488. The molecule has 70 valence electrons. The van der Waals surface area contributed by atoms with Crippen LogP contribution in [-0.2, 0) is 16.5 Å². The average molecular weight is 198 g/mol. The molecule has 0 bridgehead atoms. The molecule has 2 rings (SSSR count). The standard InChI is InChI=1S/C9H10O3S/c10-13(11)7-3-5-8-4-1-2-6-9(8)12-13/h1-2,4,6H,3,5,7H2. The van der Waals surface area contributed by atoms with E-state index < -0.39 is 10.1 Å². The highest BCUT2D eigenvalue weighted by molar-refractivity contribution is 7.87. The van der Waals surface area contributed by atoms with Crippen LogP contribution in [-0.4, -0.2) is 14.2 Å². The van der Waals surface area contributed by atoms with Crippen molar-refractivity contribution in [3.8, 4) is 5.75 Å². The highest BCUT2D eigenvalue weighted by Gasteiger charge is 2.18. The fourth-order valence-electron chi connectivity index (χ4n) is 1.41. The molecule has 0 spiro atoms. The lowest BCUT2D eigenvalue weighted by atomic mass is 10.1. The van der Waals surface area contributed by atoms with Crippen LogP contribution >= 0.6 is 0 Å². The maximum atomic E-state index is 11.2. The predicted molar refractivity (Wildman–Crippen MR) is 49.2 cm³/mol. The minimum atomic E-state index is -3.33. The Kier molecular flexibility index (Phi) is 2.00. The van der Waals surface area contributed by atoms with Crippen LogP contribution in [0.2, 0.25) is 0 Å². The molecule has 0 aromatic heterocycles. The van der Waals surface area contributed by atoms with Crippen LogP contribution in [0.1, 0.15) is 12.0 Å². The van der Waals surface area contributed by atoms with Gasteiger partial charge in [-0.05, 0) is 24.5 Å². The Morgan fingerprint density at radius 1 is 1.23 bits per heavy atom. The van der Waals surface area contributed by atoms with Gasteiger partial charge in [-0.2, -0.15) is 8.42 Å². The molecule has 0 fully saturated rings. The zero-order valence-corrected chi connectivity index (χ0v) is 7.88. The van der Waals surface area contributed by atoms with Gasteiger partial charge in [-0.15, -0.1) is 0 Å². The van der Waals surface area contributed by atoms with E-state index in [0.717, 1.165) is 12.0 Å². The summed E-state index contributed by atoms with van der Waals surface area (Å²) in [5, 5.41) is 0. The summed E-state index contributed by atoms with van der Waals surface area (Å²) in [6, 6.07) is 7.26. The van der Waals surface area contributed by atoms with E-state index in [9.17, 15) is 8.42 Å². The van der Waals surface area contributed by atoms with Crippen LogP contribution in [0.5, 0.6) is 5.75 Å². The highest BCUT2D eigenvalue weighted by Crippen LogP contribution is 2.24. The minimum absolute atomic E-state index is 0.113. The maximum Gasteiger partial charge on any atom is 0.309 e. The molecule has 0 aliphatic carbocycles. The van der Waals surface area contributed by atoms with Gasteiger partial charge in [0.05, 0.1) is 5.75 Å². The molecule has 0 saturated carbocycles. The van der Waals surface area contributed by atoms with Gasteiger partial charge >= 0.3 is 10.1 Å². The van der Waals surface area contributed by atoms with Crippen molar-refractivity contribution in [1.29, 1.82) is 0 Å². The Bertz CT molecular complexity index is 409. The van der Waals surface area contributed by atoms with Crippen LogP contribution in [0.25, 0.3) is 0 Å². The van der Waals surface area contributed by atoms with Crippen molar-refractivity contribution in [2.75, 3.05) is 5.75 Å². The molecule has 0 unspecified atom stereocenters. The first-order valence-electron chi connectivity index (χ1n) is 4.17. The van der Waals surface area contributed by atoms with Crippen molar-refractivity contribution < 1.29 is 12.6 Å². The first-order chi connectivity index (χ1) is 6.17. The first-order valence-corrected chi connectivity index (χ1v) is 5.75. The summed E-state index contributed by atoms with van der Waals surface area (Å²) in [5.74, 6) is 0.599. The zero-order chi connectivity index (χ0) is 9.31. The van der Waals surface area contributed by atoms with E-state index in [2.05, 4.69) is 0 Å². The number of benzene rings is 1. The lowest BCUT2D eigenvalue weighted by Crippen LogP contribution is -2.11. The molecule has 0 saturated heterocycles. The largest absolute Gasteiger partial charge is 0.382 e. The third-order valence-corrected chi connectivity index (χ3v) is 3.25. The molecular formula is C9H10O3S. The Morgan fingerprint density at radius 3 is 2.85 bits per heavy atom. The first kappa shape index (κ1) is 8.56. The number of rotatable bonds is 0. The monoisotopic (exact) mass is 198 g/mol. The fraction of sp³-hybridized carbons (Fsp3) is 0.333. The molecule has 1 aromatic carbocycles. The van der Waals surface area contributed by atoms with Crippen LogP contribution in [0.15, 0.2) is 24.3 Å². The van der Waals surface area contributed by atoms with E-state index in [0.29, 0.717) is 12.2 Å². The van der Waals surface area contributed by atoms with Crippen LogP contribution in [0.3, 0.4) is 0 Å². The van der Waals surface area contributed by atoms with Crippen molar-refractivity contribution in [2.24, 2.45) is 0 Å². The molecule has 0 N–H and O–H groups in total. The van der Waals surface area contributed by atoms with Crippen molar-refractivity contribution in [3.63, 3.8) is 0 Å². The van der Waals surface area contributed by atoms with Crippen LogP contribution < -0.4 is 4.18 Å². The second-order valence-electron chi connectivity index (χ2n) is 3.06. The molecule has 1 heterocycles. The molecule has 1 aliphatic rings. The summed E-state index contributed by atoms with van der Waals surface area (Å²) in [5.41, 5.74) is 0.976. The quantitative estimate of drug-likeness (QED) is 0.591. The van der Waals surface area contributed by atoms with E-state index in [4.69, 9.17) is 4.18 Å². The maximum absolute atomic E-state index is 11.2. The normalized spacial score (nSPS) is 19.7. The summed E-state index contributed by atoms with van der Waals surface area (Å²) in [6.45, 7) is 0. The molecule has 1 aliphatic heterocycles. The van der Waals surface area contributed by atoms with E-state index in [-0.39, 0.29) is 5.75 Å². The third-order valence-electron chi connectivity index (χ3n) is 2.03. The smallest absolute Gasteiger partial charge is 0.309 e. The van der Waals surface area contributed by atoms with Gasteiger partial charge in [0.15, 0.2) is 0 Å². The summed E-state index contributed by atoms with van der Waals surface area (Å²) < 4.78 is 27.3. The summed E-state index contributed by atoms with van der Waals surface area (Å²) in [7, 11) is -3.33. The van der Waals surface area contributed by atoms with E-state index in [1.807, 2.05) is 12.1 Å². The second-order valence-corrected chi connectivity index (χ2v) is 4.75. The molecule has 4 heteroatoms. The molecular weight excluding hydrogens is 188 g/mol. The lowest BCUT2D eigenvalue weighted by Gasteiger charge is -2.04. The van der Waals surface area contributed by atoms with Crippen molar-refractivity contribution in [3.05, 3.63) is 29.8 Å². The van der Waals surface area contributed by atoms with Gasteiger partial charge in [0.25, 0.3) is 0 Å². The van der Waals surface area contributed by atoms with E-state index >= 15 is 0 Å². The topological polar surface area (TPSA) is 43.4 Å². The second kappa shape index (κ2) is 3.03. The SMILES string of the molecule is O=S1(=O)CCCc2ccccc2O1. The van der Waals surface area contributed by atoms with Gasteiger partial charge in [0, 0.05) is 0 Å². The van der Waals surface area contributed by atoms with Crippen molar-refractivity contribution >= 4 is 10.1 Å². The van der Waals surface area contributed by atoms with Crippen molar-refractivity contribution in [2.45, 2.75) is 12.8 Å². The van der Waals surface area contributed by atoms with E-state index in [1.165, 1.54) is 0 Å². The molecule has 0 atom stereocenters. The number of aryl methyl sites for hydroxylation is 1. The Labute approximate surface area is 77.5 Å². The molecule has 13 heavy (non-hydrogen) atoms. The Hall–Kier alpha value is -1.03. The van der Waals surface area contributed by atoms with Gasteiger partial charge < -0.3 is 4.18 Å². The fourth-order valence-corrected chi connectivity index (χ4v) is 2.43. The van der Waals surface area contributed by atoms with Crippen LogP contribution in [0, 0.1) is 0 Å². The summed E-state index contributed by atoms with van der Waals surface area (Å²) in [6.07, 6.45) is 1.41. The van der Waals surface area contributed by atoms with Gasteiger partial charge in [-0.3, -0.25) is 0 Å². The molecule has 0 radical (unpaired) electrons. The predicted octanol–water partition coefficient (Wildman–Crippen LogP) is 1.34. The third kappa shape index (κ3) is 1.83. The summed E-state index contributed by atoms with van der Waals surface area (Å²) >= 11 is 0. The number of fused-ring (bicyclic) bond motifs is 1. The number of hydrogen-bond acceptors (Lipinski definition) is 3. The van der Waals surface area contributed by atoms with Gasteiger partial charge in [-0.25, -0.2) is 0 Å². The summed E-state index contributed by atoms with van der Waals surface area (Å²) in [4.78, 5) is 0.